The van der Waals surface area contributed by atoms with Crippen LogP contribution in [0.1, 0.15) is 12.8 Å². The number of carboxylic acids is 1. The summed E-state index contributed by atoms with van der Waals surface area (Å²) in [6.45, 7) is 1.63. The summed E-state index contributed by atoms with van der Waals surface area (Å²) in [6, 6.07) is 7.95. The molecule has 0 spiro atoms. The van der Waals surface area contributed by atoms with Crippen molar-refractivity contribution in [2.75, 3.05) is 18.0 Å². The molecule has 3 N–H and O–H groups in total. The summed E-state index contributed by atoms with van der Waals surface area (Å²) in [5.41, 5.74) is 1.95. The van der Waals surface area contributed by atoms with Crippen molar-refractivity contribution in [2.45, 2.75) is 12.8 Å². The Kier molecular flexibility index (Phi) is 4.12. The van der Waals surface area contributed by atoms with Crippen molar-refractivity contribution in [3.8, 4) is 5.69 Å². The molecule has 0 bridgehead atoms. The lowest BCUT2D eigenvalue weighted by molar-refractivity contribution is -0.137. The number of hydrogen-bond donors (Lipinski definition) is 3. The zero-order valence-corrected chi connectivity index (χ0v) is 13.4. The lowest BCUT2D eigenvalue weighted by Crippen LogP contribution is -2.20. The van der Waals surface area contributed by atoms with Gasteiger partial charge in [0.2, 0.25) is 0 Å². The lowest BCUT2D eigenvalue weighted by Gasteiger charge is -2.19. The number of hydrogen-bond acceptors (Lipinski definition) is 4. The van der Waals surface area contributed by atoms with Crippen LogP contribution in [0.3, 0.4) is 0 Å². The third-order valence-electron chi connectivity index (χ3n) is 3.88. The summed E-state index contributed by atoms with van der Waals surface area (Å²) in [5.74, 6) is -0.524. The zero-order chi connectivity index (χ0) is 15.7. The van der Waals surface area contributed by atoms with Gasteiger partial charge in [-0.1, -0.05) is 6.07 Å². The second-order valence-electron chi connectivity index (χ2n) is 5.41. The summed E-state index contributed by atoms with van der Waals surface area (Å²) in [6.07, 6.45) is 1.13. The van der Waals surface area contributed by atoms with E-state index in [9.17, 15) is 4.79 Å². The number of aromatic nitrogens is 3. The summed E-state index contributed by atoms with van der Waals surface area (Å²) < 4.78 is 2.80. The first-order chi connectivity index (χ1) is 10.5. The van der Waals surface area contributed by atoms with Crippen LogP contribution in [-0.4, -0.2) is 38.9 Å². The first kappa shape index (κ1) is 15.0. The normalized spacial score (nSPS) is 17.8. The minimum atomic E-state index is -0.731. The number of carboxylic acid groups (broad SMARTS) is 1. The maximum Gasteiger partial charge on any atom is 0.303 e. The molecule has 0 aliphatic carbocycles. The van der Waals surface area contributed by atoms with E-state index in [1.165, 1.54) is 0 Å². The number of aliphatic carboxylic acids is 1. The van der Waals surface area contributed by atoms with Gasteiger partial charge in [-0.3, -0.25) is 19.6 Å². The molecule has 1 aromatic carbocycles. The molecule has 1 atom stereocenters. The Morgan fingerprint density at radius 1 is 1.27 bits per heavy atom. The summed E-state index contributed by atoms with van der Waals surface area (Å²) in [5, 5.41) is 14.6. The Bertz CT molecular complexity index is 780. The smallest absolute Gasteiger partial charge is 0.303 e. The van der Waals surface area contributed by atoms with Gasteiger partial charge in [-0.2, -0.15) is 0 Å². The minimum Gasteiger partial charge on any atom is -0.481 e. The van der Waals surface area contributed by atoms with Crippen molar-refractivity contribution in [3.63, 3.8) is 0 Å². The van der Waals surface area contributed by atoms with Crippen LogP contribution in [0.5, 0.6) is 0 Å². The van der Waals surface area contributed by atoms with E-state index in [4.69, 9.17) is 29.5 Å². The van der Waals surface area contributed by atoms with Gasteiger partial charge in [0.05, 0.1) is 5.69 Å². The molecule has 3 rings (SSSR count). The fourth-order valence-corrected chi connectivity index (χ4v) is 3.41. The van der Waals surface area contributed by atoms with Crippen LogP contribution in [0.25, 0.3) is 5.69 Å². The molecule has 1 fully saturated rings. The molecule has 0 radical (unpaired) electrons. The van der Waals surface area contributed by atoms with E-state index in [-0.39, 0.29) is 12.3 Å². The monoisotopic (exact) mass is 336 g/mol. The average Bonchev–Trinajstić information content (AvgIpc) is 3.06. The summed E-state index contributed by atoms with van der Waals surface area (Å²) in [7, 11) is 0. The van der Waals surface area contributed by atoms with E-state index in [2.05, 4.69) is 15.1 Å². The molecule has 2 aromatic rings. The van der Waals surface area contributed by atoms with Crippen LogP contribution in [-0.2, 0) is 4.79 Å². The first-order valence-electron chi connectivity index (χ1n) is 7.01. The van der Waals surface area contributed by atoms with Crippen molar-refractivity contribution < 1.29 is 9.90 Å². The first-order valence-corrected chi connectivity index (χ1v) is 7.83. The summed E-state index contributed by atoms with van der Waals surface area (Å²) in [4.78, 5) is 13.0. The highest BCUT2D eigenvalue weighted by Gasteiger charge is 2.24. The van der Waals surface area contributed by atoms with Gasteiger partial charge >= 0.3 is 5.97 Å². The second kappa shape index (κ2) is 6.05. The standard InChI is InChI=1S/C14H16N4O2S2/c19-12(20)6-9-4-5-17(8-9)10-2-1-3-11(7-10)18-13(21)15-16-14(18)22/h1-3,7,9H,4-6,8H2,(H,15,21)(H,16,22)(H,19,20). The largest absolute Gasteiger partial charge is 0.481 e. The summed E-state index contributed by atoms with van der Waals surface area (Å²) >= 11 is 10.5. The van der Waals surface area contributed by atoms with Crippen LogP contribution >= 0.6 is 24.4 Å². The maximum absolute atomic E-state index is 10.8. The van der Waals surface area contributed by atoms with Gasteiger partial charge < -0.3 is 10.0 Å². The molecule has 116 valence electrons. The molecule has 1 saturated heterocycles. The molecule has 6 nitrogen and oxygen atoms in total. The number of carbonyl (C=O) groups is 1. The van der Waals surface area contributed by atoms with Crippen molar-refractivity contribution in [1.82, 2.24) is 14.8 Å². The van der Waals surface area contributed by atoms with Gasteiger partial charge in [0, 0.05) is 25.2 Å². The van der Waals surface area contributed by atoms with Gasteiger partial charge in [-0.15, -0.1) is 0 Å². The Morgan fingerprint density at radius 3 is 2.64 bits per heavy atom. The number of nitrogens with zero attached hydrogens (tertiary/aromatic N) is 2. The van der Waals surface area contributed by atoms with E-state index < -0.39 is 5.97 Å². The van der Waals surface area contributed by atoms with Gasteiger partial charge in [-0.25, -0.2) is 0 Å². The van der Waals surface area contributed by atoms with Crippen LogP contribution in [0.2, 0.25) is 0 Å². The van der Waals surface area contributed by atoms with Crippen LogP contribution < -0.4 is 4.90 Å². The Labute approximate surface area is 137 Å². The minimum absolute atomic E-state index is 0.207. The Morgan fingerprint density at radius 2 is 1.95 bits per heavy atom. The zero-order valence-electron chi connectivity index (χ0n) is 11.8. The van der Waals surface area contributed by atoms with E-state index in [1.54, 1.807) is 4.57 Å². The van der Waals surface area contributed by atoms with E-state index in [1.807, 2.05) is 24.3 Å². The van der Waals surface area contributed by atoms with Gasteiger partial charge in [-0.05, 0) is 55.0 Å². The third kappa shape index (κ3) is 2.97. The van der Waals surface area contributed by atoms with Gasteiger partial charge in [0.25, 0.3) is 0 Å². The predicted molar refractivity (Wildman–Crippen MR) is 88.7 cm³/mol. The topological polar surface area (TPSA) is 77.0 Å². The quantitative estimate of drug-likeness (QED) is 0.749. The fourth-order valence-electron chi connectivity index (χ4n) is 2.86. The average molecular weight is 336 g/mol. The highest BCUT2D eigenvalue weighted by atomic mass is 32.1. The predicted octanol–water partition coefficient (Wildman–Crippen LogP) is 2.89. The number of aromatic amines is 2. The van der Waals surface area contributed by atoms with Crippen LogP contribution in [0.15, 0.2) is 24.3 Å². The molecule has 0 saturated carbocycles. The molecule has 0 amide bonds. The number of H-pyrrole nitrogens is 2. The molecular weight excluding hydrogens is 320 g/mol. The Balaban J connectivity index is 1.85. The molecular formula is C14H16N4O2S2. The van der Waals surface area contributed by atoms with Crippen LogP contribution in [0.4, 0.5) is 5.69 Å². The molecule has 22 heavy (non-hydrogen) atoms. The van der Waals surface area contributed by atoms with Crippen molar-refractivity contribution in [2.24, 2.45) is 5.92 Å². The Hall–Kier alpha value is -1.93. The van der Waals surface area contributed by atoms with E-state index >= 15 is 0 Å². The molecule has 1 aromatic heterocycles. The number of anilines is 1. The number of benzene rings is 1. The fraction of sp³-hybridized carbons (Fsp3) is 0.357. The maximum atomic E-state index is 10.8. The highest BCUT2D eigenvalue weighted by molar-refractivity contribution is 7.72. The van der Waals surface area contributed by atoms with Crippen molar-refractivity contribution >= 4 is 36.1 Å². The van der Waals surface area contributed by atoms with Crippen molar-refractivity contribution in [1.29, 1.82) is 0 Å². The second-order valence-corrected chi connectivity index (χ2v) is 6.19. The molecule has 1 aliphatic rings. The highest BCUT2D eigenvalue weighted by Crippen LogP contribution is 2.27. The SMILES string of the molecule is O=C(O)CC1CCN(c2cccc(-n3c(=S)[nH][nH]c3=S)c2)C1. The number of rotatable bonds is 4. The third-order valence-corrected chi connectivity index (χ3v) is 4.45. The van der Waals surface area contributed by atoms with Gasteiger partial charge in [0.1, 0.15) is 0 Å². The van der Waals surface area contributed by atoms with Gasteiger partial charge in [0.15, 0.2) is 9.54 Å². The molecule has 1 aliphatic heterocycles. The van der Waals surface area contributed by atoms with Crippen molar-refractivity contribution in [3.05, 3.63) is 33.8 Å². The molecule has 8 heteroatoms. The lowest BCUT2D eigenvalue weighted by atomic mass is 10.1. The van der Waals surface area contributed by atoms with E-state index in [0.717, 1.165) is 30.9 Å². The molecule has 2 heterocycles. The van der Waals surface area contributed by atoms with E-state index in [0.29, 0.717) is 9.54 Å². The molecule has 1 unspecified atom stereocenters. The number of nitrogens with one attached hydrogen (secondary N) is 2. The van der Waals surface area contributed by atoms with Crippen LogP contribution in [0, 0.1) is 15.5 Å².